The monoisotopic (exact) mass is 708 g/mol. The number of aromatic amines is 1. The molecule has 4 saturated carbocycles. The third kappa shape index (κ3) is 9.19. The highest BCUT2D eigenvalue weighted by Gasteiger charge is 2.50. The summed E-state index contributed by atoms with van der Waals surface area (Å²) < 4.78 is 0. The number of carboxylic acid groups (broad SMARTS) is 2. The molecule has 4 atom stereocenters. The van der Waals surface area contributed by atoms with Gasteiger partial charge < -0.3 is 51.4 Å². The number of anilines is 1. The van der Waals surface area contributed by atoms with Crippen LogP contribution >= 0.6 is 0 Å². The van der Waals surface area contributed by atoms with E-state index in [1.54, 1.807) is 7.05 Å². The molecule has 2 aromatic carbocycles. The summed E-state index contributed by atoms with van der Waals surface area (Å²) in [6, 6.07) is 13.2. The molecule has 0 unspecified atom stereocenters. The SMILES string of the molecule is CNC[C@H](O)[C@@H](O)[C@H](O)[C@H](O)CO.O=C(O)c1cc(NC(=O)c2nc(-c3ccccc3)[nH]c2CCC23CC4CC(CC(C4)C2)C3)cc(C(=O)O)c1. The van der Waals surface area contributed by atoms with Crippen LogP contribution in [0.2, 0.25) is 0 Å². The van der Waals surface area contributed by atoms with Crippen LogP contribution in [0.4, 0.5) is 5.69 Å². The van der Waals surface area contributed by atoms with Gasteiger partial charge in [-0.3, -0.25) is 4.79 Å². The van der Waals surface area contributed by atoms with Gasteiger partial charge in [0, 0.05) is 23.5 Å². The molecule has 14 nitrogen and oxygen atoms in total. The zero-order valence-electron chi connectivity index (χ0n) is 28.5. The van der Waals surface area contributed by atoms with Gasteiger partial charge in [0.2, 0.25) is 0 Å². The number of carbonyl (C=O) groups excluding carboxylic acids is 1. The maximum Gasteiger partial charge on any atom is 0.335 e. The Balaban J connectivity index is 0.000000332. The molecule has 4 fully saturated rings. The third-order valence-corrected chi connectivity index (χ3v) is 10.5. The number of aliphatic hydroxyl groups excluding tert-OH is 5. The molecule has 1 heterocycles. The molecule has 4 bridgehead atoms. The van der Waals surface area contributed by atoms with E-state index in [4.69, 9.17) is 20.4 Å². The van der Waals surface area contributed by atoms with Crippen LogP contribution in [-0.2, 0) is 6.42 Å². The van der Waals surface area contributed by atoms with Crippen molar-refractivity contribution < 1.29 is 50.1 Å². The summed E-state index contributed by atoms with van der Waals surface area (Å²) in [5, 5.41) is 69.0. The standard InChI is InChI=1S/C30H31N3O5.C7H17NO5/c34-27(31-23-12-21(28(35)36)11-22(13-23)29(37)38)25-24(32-26(33-25)20-4-2-1-3-5-20)6-7-30-14-17-8-18(15-30)10-19(9-17)16-30;1-8-2-4(10)6(12)7(13)5(11)3-9/h1-5,11-13,17-19H,6-10,14-16H2,(H,31,34)(H,32,33)(H,35,36)(H,37,38);4-13H,2-3H2,1H3/t;4-,5+,6+,7+/m.0/s1. The van der Waals surface area contributed by atoms with Crippen molar-refractivity contribution in [3.05, 3.63) is 71.0 Å². The molecule has 1 aromatic heterocycles. The van der Waals surface area contributed by atoms with Crippen LogP contribution in [-0.4, -0.2) is 108 Å². The largest absolute Gasteiger partial charge is 0.478 e. The first-order valence-electron chi connectivity index (χ1n) is 17.4. The number of hydrogen-bond donors (Lipinski definition) is 10. The smallest absolute Gasteiger partial charge is 0.335 e. The molecule has 4 aliphatic rings. The molecule has 51 heavy (non-hydrogen) atoms. The zero-order chi connectivity index (χ0) is 36.9. The van der Waals surface area contributed by atoms with E-state index in [2.05, 4.69) is 20.6 Å². The number of rotatable bonds is 14. The lowest BCUT2D eigenvalue weighted by Crippen LogP contribution is -2.48. The highest BCUT2D eigenvalue weighted by atomic mass is 16.4. The van der Waals surface area contributed by atoms with Gasteiger partial charge in [0.15, 0.2) is 0 Å². The topological polar surface area (TPSA) is 246 Å². The number of amides is 1. The summed E-state index contributed by atoms with van der Waals surface area (Å²) in [7, 11) is 1.57. The number of benzene rings is 2. The van der Waals surface area contributed by atoms with E-state index in [0.717, 1.165) is 41.5 Å². The lowest BCUT2D eigenvalue weighted by Gasteiger charge is -2.57. The number of H-pyrrole nitrogens is 1. The fourth-order valence-corrected chi connectivity index (χ4v) is 8.53. The number of likely N-dealkylation sites (N-methyl/N-ethyl adjacent to an activating group) is 1. The summed E-state index contributed by atoms with van der Waals surface area (Å²) in [5.74, 6) is 0.0865. The molecule has 3 aromatic rings. The normalized spacial score (nSPS) is 24.2. The van der Waals surface area contributed by atoms with Crippen molar-refractivity contribution >= 4 is 23.5 Å². The van der Waals surface area contributed by atoms with Gasteiger partial charge in [-0.05, 0) is 99.8 Å². The number of hydrogen-bond acceptors (Lipinski definition) is 10. The van der Waals surface area contributed by atoms with E-state index in [1.165, 1.54) is 50.7 Å². The second-order valence-electron chi connectivity index (χ2n) is 14.4. The zero-order valence-corrected chi connectivity index (χ0v) is 28.5. The van der Waals surface area contributed by atoms with Gasteiger partial charge >= 0.3 is 11.9 Å². The minimum absolute atomic E-state index is 0.0936. The molecule has 0 radical (unpaired) electrons. The summed E-state index contributed by atoms with van der Waals surface area (Å²) >= 11 is 0. The number of nitrogens with one attached hydrogen (secondary N) is 3. The molecule has 0 aliphatic heterocycles. The molecule has 14 heteroatoms. The van der Waals surface area contributed by atoms with Gasteiger partial charge in [-0.25, -0.2) is 14.6 Å². The Hall–Kier alpha value is -4.18. The van der Waals surface area contributed by atoms with Crippen molar-refractivity contribution in [2.75, 3.05) is 25.5 Å². The number of nitrogens with zero attached hydrogens (tertiary/aromatic N) is 1. The number of aromatic nitrogens is 2. The molecule has 10 N–H and O–H groups in total. The highest BCUT2D eigenvalue weighted by molar-refractivity contribution is 6.05. The molecular weight excluding hydrogens is 660 g/mol. The number of imidazole rings is 1. The van der Waals surface area contributed by atoms with Crippen LogP contribution in [0.25, 0.3) is 11.4 Å². The van der Waals surface area contributed by atoms with Crippen molar-refractivity contribution in [3.63, 3.8) is 0 Å². The Morgan fingerprint density at radius 1 is 0.863 bits per heavy atom. The maximum absolute atomic E-state index is 13.5. The van der Waals surface area contributed by atoms with E-state index >= 15 is 0 Å². The summed E-state index contributed by atoms with van der Waals surface area (Å²) in [6.45, 7) is -0.569. The van der Waals surface area contributed by atoms with Gasteiger partial charge in [-0.2, -0.15) is 0 Å². The van der Waals surface area contributed by atoms with Crippen LogP contribution < -0.4 is 10.6 Å². The number of aliphatic hydroxyl groups is 5. The van der Waals surface area contributed by atoms with E-state index in [9.17, 15) is 29.7 Å². The van der Waals surface area contributed by atoms with Gasteiger partial charge in [0.05, 0.1) is 23.8 Å². The minimum Gasteiger partial charge on any atom is -0.478 e. The molecule has 1 amide bonds. The first kappa shape index (κ1) is 38.1. The summed E-state index contributed by atoms with van der Waals surface area (Å²) in [5.41, 5.74) is 1.89. The fraction of sp³-hybridized carbons (Fsp3) is 0.514. The first-order valence-corrected chi connectivity index (χ1v) is 17.4. The van der Waals surface area contributed by atoms with Crippen molar-refractivity contribution in [3.8, 4) is 11.4 Å². The summed E-state index contributed by atoms with van der Waals surface area (Å²) in [6.07, 6.45) is 4.02. The first-order chi connectivity index (χ1) is 24.3. The second kappa shape index (κ2) is 16.4. The fourth-order valence-electron chi connectivity index (χ4n) is 8.53. The highest BCUT2D eigenvalue weighted by Crippen LogP contribution is 2.61. The van der Waals surface area contributed by atoms with Crippen LogP contribution in [0.5, 0.6) is 0 Å². The minimum atomic E-state index is -1.55. The Morgan fingerprint density at radius 2 is 1.41 bits per heavy atom. The molecule has 0 spiro atoms. The lowest BCUT2D eigenvalue weighted by molar-refractivity contribution is -0.113. The van der Waals surface area contributed by atoms with E-state index in [0.29, 0.717) is 17.7 Å². The van der Waals surface area contributed by atoms with Crippen molar-refractivity contribution in [1.29, 1.82) is 0 Å². The number of carbonyl (C=O) groups is 3. The van der Waals surface area contributed by atoms with Gasteiger partial charge in [0.25, 0.3) is 5.91 Å². The van der Waals surface area contributed by atoms with Gasteiger partial charge in [-0.15, -0.1) is 0 Å². The van der Waals surface area contributed by atoms with E-state index < -0.39 is 48.9 Å². The van der Waals surface area contributed by atoms with Crippen LogP contribution in [0, 0.1) is 23.2 Å². The van der Waals surface area contributed by atoms with Crippen molar-refractivity contribution in [2.24, 2.45) is 23.2 Å². The van der Waals surface area contributed by atoms with E-state index in [1.807, 2.05) is 30.3 Å². The quantitative estimate of drug-likeness (QED) is 0.116. The number of carboxylic acids is 2. The van der Waals surface area contributed by atoms with Crippen LogP contribution in [0.15, 0.2) is 48.5 Å². The Morgan fingerprint density at radius 3 is 1.92 bits per heavy atom. The molecule has 0 saturated heterocycles. The number of aryl methyl sites for hydroxylation is 1. The average Bonchev–Trinajstić information content (AvgIpc) is 3.54. The molecule has 4 aliphatic carbocycles. The lowest BCUT2D eigenvalue weighted by atomic mass is 9.48. The maximum atomic E-state index is 13.5. The van der Waals surface area contributed by atoms with Crippen LogP contribution in [0.3, 0.4) is 0 Å². The number of aromatic carboxylic acids is 2. The predicted molar refractivity (Wildman–Crippen MR) is 186 cm³/mol. The van der Waals surface area contributed by atoms with E-state index in [-0.39, 0.29) is 29.1 Å². The summed E-state index contributed by atoms with van der Waals surface area (Å²) in [4.78, 5) is 44.6. The average molecular weight is 709 g/mol. The third-order valence-electron chi connectivity index (χ3n) is 10.5. The Labute approximate surface area is 295 Å². The van der Waals surface area contributed by atoms with Crippen molar-refractivity contribution in [2.45, 2.75) is 75.8 Å². The molecular formula is C37H48N4O10. The second-order valence-corrected chi connectivity index (χ2v) is 14.4. The van der Waals surface area contributed by atoms with Crippen LogP contribution in [0.1, 0.15) is 81.8 Å². The van der Waals surface area contributed by atoms with Gasteiger partial charge in [-0.1, -0.05) is 30.3 Å². The molecule has 7 rings (SSSR count). The predicted octanol–water partition coefficient (Wildman–Crippen LogP) is 2.52. The van der Waals surface area contributed by atoms with Crippen molar-refractivity contribution in [1.82, 2.24) is 15.3 Å². The molecule has 276 valence electrons. The Kier molecular flexibility index (Phi) is 12.3. The van der Waals surface area contributed by atoms with Gasteiger partial charge in [0.1, 0.15) is 29.8 Å². The Bertz CT molecular complexity index is 1610.